The third-order valence-electron chi connectivity index (χ3n) is 3.71. The molecular formula is C16H21N3O2. The van der Waals surface area contributed by atoms with E-state index in [9.17, 15) is 4.79 Å². The Morgan fingerprint density at radius 1 is 1.33 bits per heavy atom. The number of carbonyl (C=O) groups is 1. The van der Waals surface area contributed by atoms with Crippen LogP contribution < -0.4 is 5.73 Å². The Balaban J connectivity index is 2.39. The lowest BCUT2D eigenvalue weighted by atomic mass is 10.0. The third-order valence-corrected chi connectivity index (χ3v) is 3.71. The van der Waals surface area contributed by atoms with Crippen LogP contribution in [0.4, 0.5) is 0 Å². The first-order chi connectivity index (χ1) is 9.95. The Kier molecular flexibility index (Phi) is 4.43. The fraction of sp³-hybridized carbons (Fsp3) is 0.375. The molecule has 0 spiro atoms. The van der Waals surface area contributed by atoms with E-state index >= 15 is 0 Å². The van der Waals surface area contributed by atoms with E-state index in [2.05, 4.69) is 9.84 Å². The standard InChI is InChI=1S/C16H21N3O2/c1-10-7-5-6-8-15(10)19-12(3)13(11(2)18-19)9-14(17)16(20)21-4/h5-8,14H,9,17H2,1-4H3. The second-order valence-electron chi connectivity index (χ2n) is 5.18. The van der Waals surface area contributed by atoms with Crippen molar-refractivity contribution in [3.8, 4) is 5.69 Å². The second kappa shape index (κ2) is 6.10. The summed E-state index contributed by atoms with van der Waals surface area (Å²) in [5.74, 6) is -0.405. The molecule has 0 bridgehead atoms. The molecule has 2 N–H and O–H groups in total. The largest absolute Gasteiger partial charge is 0.468 e. The molecular weight excluding hydrogens is 266 g/mol. The minimum atomic E-state index is -0.665. The Labute approximate surface area is 124 Å². The van der Waals surface area contributed by atoms with Crippen LogP contribution >= 0.6 is 0 Å². The number of para-hydroxylation sites is 1. The van der Waals surface area contributed by atoms with Gasteiger partial charge in [0.15, 0.2) is 0 Å². The van der Waals surface area contributed by atoms with Crippen LogP contribution in [0.5, 0.6) is 0 Å². The van der Waals surface area contributed by atoms with Gasteiger partial charge in [-0.3, -0.25) is 4.79 Å². The van der Waals surface area contributed by atoms with Gasteiger partial charge in [-0.15, -0.1) is 0 Å². The van der Waals surface area contributed by atoms with Crippen LogP contribution in [0.2, 0.25) is 0 Å². The van der Waals surface area contributed by atoms with Gasteiger partial charge < -0.3 is 10.5 Å². The summed E-state index contributed by atoms with van der Waals surface area (Å²) < 4.78 is 6.59. The van der Waals surface area contributed by atoms with Crippen molar-refractivity contribution >= 4 is 5.97 Å². The number of aromatic nitrogens is 2. The molecule has 0 radical (unpaired) electrons. The van der Waals surface area contributed by atoms with Crippen molar-refractivity contribution in [1.82, 2.24) is 9.78 Å². The van der Waals surface area contributed by atoms with Gasteiger partial charge >= 0.3 is 5.97 Å². The fourth-order valence-electron chi connectivity index (χ4n) is 2.46. The highest BCUT2D eigenvalue weighted by atomic mass is 16.5. The van der Waals surface area contributed by atoms with E-state index in [1.165, 1.54) is 7.11 Å². The highest BCUT2D eigenvalue weighted by Crippen LogP contribution is 2.21. The quantitative estimate of drug-likeness (QED) is 0.871. The summed E-state index contributed by atoms with van der Waals surface area (Å²) >= 11 is 0. The van der Waals surface area contributed by atoms with Gasteiger partial charge in [-0.05, 0) is 38.0 Å². The van der Waals surface area contributed by atoms with E-state index in [1.54, 1.807) is 0 Å². The zero-order valence-corrected chi connectivity index (χ0v) is 12.9. The van der Waals surface area contributed by atoms with Crippen molar-refractivity contribution in [2.45, 2.75) is 33.2 Å². The monoisotopic (exact) mass is 287 g/mol. The first-order valence-electron chi connectivity index (χ1n) is 6.90. The van der Waals surface area contributed by atoms with Crippen LogP contribution in [0.1, 0.15) is 22.5 Å². The number of methoxy groups -OCH3 is 1. The number of rotatable bonds is 4. The molecule has 5 heteroatoms. The van der Waals surface area contributed by atoms with Crippen LogP contribution in [-0.2, 0) is 16.0 Å². The zero-order valence-electron chi connectivity index (χ0n) is 12.9. The second-order valence-corrected chi connectivity index (χ2v) is 5.18. The topological polar surface area (TPSA) is 70.1 Å². The molecule has 0 aliphatic rings. The lowest BCUT2D eigenvalue weighted by molar-refractivity contribution is -0.142. The summed E-state index contributed by atoms with van der Waals surface area (Å²) in [6, 6.07) is 7.39. The fourth-order valence-corrected chi connectivity index (χ4v) is 2.46. The molecule has 1 atom stereocenters. The smallest absolute Gasteiger partial charge is 0.322 e. The highest BCUT2D eigenvalue weighted by Gasteiger charge is 2.20. The Morgan fingerprint density at radius 3 is 2.62 bits per heavy atom. The number of carbonyl (C=O) groups excluding carboxylic acids is 1. The molecule has 0 fully saturated rings. The Bertz CT molecular complexity index is 662. The molecule has 0 saturated heterocycles. The van der Waals surface area contributed by atoms with Crippen molar-refractivity contribution in [1.29, 1.82) is 0 Å². The molecule has 0 aliphatic carbocycles. The highest BCUT2D eigenvalue weighted by molar-refractivity contribution is 5.75. The summed E-state index contributed by atoms with van der Waals surface area (Å²) in [6.45, 7) is 5.97. The van der Waals surface area contributed by atoms with E-state index < -0.39 is 12.0 Å². The zero-order chi connectivity index (χ0) is 15.6. The summed E-state index contributed by atoms with van der Waals surface area (Å²) in [4.78, 5) is 11.5. The SMILES string of the molecule is COC(=O)C(N)Cc1c(C)nn(-c2ccccc2C)c1C. The first kappa shape index (κ1) is 15.3. The lowest BCUT2D eigenvalue weighted by Gasteiger charge is -2.11. The number of nitrogens with two attached hydrogens (primary N) is 1. The van der Waals surface area contributed by atoms with Crippen LogP contribution in [0.3, 0.4) is 0 Å². The van der Waals surface area contributed by atoms with E-state index in [4.69, 9.17) is 5.73 Å². The molecule has 0 aliphatic heterocycles. The summed E-state index contributed by atoms with van der Waals surface area (Å²) in [6.07, 6.45) is 0.427. The van der Waals surface area contributed by atoms with E-state index in [0.29, 0.717) is 6.42 Å². The molecule has 5 nitrogen and oxygen atoms in total. The number of esters is 1. The van der Waals surface area contributed by atoms with Crippen LogP contribution in [-0.4, -0.2) is 28.9 Å². The lowest BCUT2D eigenvalue weighted by Crippen LogP contribution is -2.34. The van der Waals surface area contributed by atoms with Gasteiger partial charge in [-0.1, -0.05) is 18.2 Å². The van der Waals surface area contributed by atoms with Gasteiger partial charge in [0.25, 0.3) is 0 Å². The van der Waals surface area contributed by atoms with Crippen LogP contribution in [0, 0.1) is 20.8 Å². The molecule has 1 aromatic heterocycles. The molecule has 1 aromatic carbocycles. The maximum Gasteiger partial charge on any atom is 0.322 e. The van der Waals surface area contributed by atoms with Crippen LogP contribution in [0.15, 0.2) is 24.3 Å². The van der Waals surface area contributed by atoms with Gasteiger partial charge in [0.2, 0.25) is 0 Å². The molecule has 2 aromatic rings. The number of ether oxygens (including phenoxy) is 1. The number of hydrogen-bond donors (Lipinski definition) is 1. The number of hydrogen-bond acceptors (Lipinski definition) is 4. The summed E-state index contributed by atoms with van der Waals surface area (Å²) in [7, 11) is 1.35. The predicted octanol–water partition coefficient (Wildman–Crippen LogP) is 1.84. The third kappa shape index (κ3) is 2.97. The molecule has 112 valence electrons. The van der Waals surface area contributed by atoms with Crippen LogP contribution in [0.25, 0.3) is 5.69 Å². The molecule has 2 rings (SSSR count). The minimum absolute atomic E-state index is 0.405. The predicted molar refractivity (Wildman–Crippen MR) is 81.5 cm³/mol. The molecule has 1 heterocycles. The average Bonchev–Trinajstić information content (AvgIpc) is 2.74. The average molecular weight is 287 g/mol. The molecule has 0 saturated carbocycles. The maximum atomic E-state index is 11.5. The number of benzene rings is 1. The number of aryl methyl sites for hydroxylation is 2. The maximum absolute atomic E-state index is 11.5. The Hall–Kier alpha value is -2.14. The van der Waals surface area contributed by atoms with Crippen molar-refractivity contribution < 1.29 is 9.53 Å². The van der Waals surface area contributed by atoms with E-state index in [-0.39, 0.29) is 0 Å². The summed E-state index contributed by atoms with van der Waals surface area (Å²) in [5.41, 5.74) is 10.9. The van der Waals surface area contributed by atoms with Gasteiger partial charge in [0.1, 0.15) is 6.04 Å². The van der Waals surface area contributed by atoms with Gasteiger partial charge in [-0.25, -0.2) is 4.68 Å². The van der Waals surface area contributed by atoms with Gasteiger partial charge in [0, 0.05) is 12.1 Å². The molecule has 1 unspecified atom stereocenters. The van der Waals surface area contributed by atoms with Crippen molar-refractivity contribution in [3.05, 3.63) is 46.8 Å². The minimum Gasteiger partial charge on any atom is -0.468 e. The number of nitrogens with zero attached hydrogens (tertiary/aromatic N) is 2. The van der Waals surface area contributed by atoms with Gasteiger partial charge in [0.05, 0.1) is 18.5 Å². The van der Waals surface area contributed by atoms with Crippen molar-refractivity contribution in [2.24, 2.45) is 5.73 Å². The molecule has 21 heavy (non-hydrogen) atoms. The molecule has 0 amide bonds. The van der Waals surface area contributed by atoms with Gasteiger partial charge in [-0.2, -0.15) is 5.10 Å². The van der Waals surface area contributed by atoms with Crippen molar-refractivity contribution in [2.75, 3.05) is 7.11 Å². The van der Waals surface area contributed by atoms with E-state index in [1.807, 2.05) is 49.7 Å². The Morgan fingerprint density at radius 2 is 2.00 bits per heavy atom. The normalized spacial score (nSPS) is 12.2. The van der Waals surface area contributed by atoms with Crippen molar-refractivity contribution in [3.63, 3.8) is 0 Å². The van der Waals surface area contributed by atoms with E-state index in [0.717, 1.165) is 28.2 Å². The summed E-state index contributed by atoms with van der Waals surface area (Å²) in [5, 5.41) is 4.59. The first-order valence-corrected chi connectivity index (χ1v) is 6.90.